The molecule has 2 rings (SSSR count). The van der Waals surface area contributed by atoms with Gasteiger partial charge in [-0.25, -0.2) is 0 Å². The van der Waals surface area contributed by atoms with Crippen molar-refractivity contribution < 1.29 is 4.74 Å². The van der Waals surface area contributed by atoms with Crippen LogP contribution in [0.3, 0.4) is 0 Å². The fraction of sp³-hybridized carbons (Fsp3) is 0.250. The van der Waals surface area contributed by atoms with Gasteiger partial charge in [-0.2, -0.15) is 0 Å². The molecule has 2 aromatic carbocycles. The van der Waals surface area contributed by atoms with Crippen molar-refractivity contribution >= 4 is 0 Å². The molecule has 2 nitrogen and oxygen atoms in total. The normalized spacial score (nSPS) is 12.3. The first-order valence-corrected chi connectivity index (χ1v) is 6.30. The van der Waals surface area contributed by atoms with Crippen LogP contribution in [-0.4, -0.2) is 6.54 Å². The van der Waals surface area contributed by atoms with E-state index in [9.17, 15) is 0 Å². The zero-order valence-corrected chi connectivity index (χ0v) is 10.5. The van der Waals surface area contributed by atoms with Crippen LogP contribution < -0.4 is 5.73 Å². The summed E-state index contributed by atoms with van der Waals surface area (Å²) in [7, 11) is 0. The monoisotopic (exact) mass is 241 g/mol. The summed E-state index contributed by atoms with van der Waals surface area (Å²) >= 11 is 0. The molecule has 1 unspecified atom stereocenters. The van der Waals surface area contributed by atoms with Crippen molar-refractivity contribution in [2.45, 2.75) is 19.1 Å². The fourth-order valence-corrected chi connectivity index (χ4v) is 1.94. The Kier molecular flexibility index (Phi) is 4.94. The summed E-state index contributed by atoms with van der Waals surface area (Å²) in [5, 5.41) is 0. The Balaban J connectivity index is 1.99. The molecule has 0 aliphatic carbocycles. The highest BCUT2D eigenvalue weighted by Crippen LogP contribution is 2.21. The van der Waals surface area contributed by atoms with Gasteiger partial charge >= 0.3 is 0 Å². The van der Waals surface area contributed by atoms with Gasteiger partial charge in [0.25, 0.3) is 0 Å². The van der Waals surface area contributed by atoms with E-state index in [0.29, 0.717) is 13.2 Å². The molecule has 0 radical (unpaired) electrons. The Hall–Kier alpha value is -1.64. The topological polar surface area (TPSA) is 35.2 Å². The van der Waals surface area contributed by atoms with Crippen molar-refractivity contribution in [3.8, 4) is 0 Å². The minimum absolute atomic E-state index is 0.0800. The molecule has 0 aromatic heterocycles. The summed E-state index contributed by atoms with van der Waals surface area (Å²) in [6, 6.07) is 20.5. The second-order valence-electron chi connectivity index (χ2n) is 4.27. The maximum Gasteiger partial charge on any atom is 0.0841 e. The predicted octanol–water partition coefficient (Wildman–Crippen LogP) is 3.29. The van der Waals surface area contributed by atoms with E-state index < -0.39 is 0 Å². The van der Waals surface area contributed by atoms with E-state index in [0.717, 1.165) is 6.42 Å². The van der Waals surface area contributed by atoms with E-state index in [1.165, 1.54) is 11.1 Å². The molecule has 0 aliphatic heterocycles. The molecular weight excluding hydrogens is 222 g/mol. The van der Waals surface area contributed by atoms with Gasteiger partial charge in [-0.15, -0.1) is 0 Å². The van der Waals surface area contributed by atoms with Gasteiger partial charge in [0.05, 0.1) is 12.7 Å². The van der Waals surface area contributed by atoms with Gasteiger partial charge in [-0.05, 0) is 24.1 Å². The van der Waals surface area contributed by atoms with Crippen molar-refractivity contribution in [2.75, 3.05) is 6.54 Å². The summed E-state index contributed by atoms with van der Waals surface area (Å²) in [6.45, 7) is 1.26. The van der Waals surface area contributed by atoms with E-state index in [-0.39, 0.29) is 6.10 Å². The van der Waals surface area contributed by atoms with Crippen LogP contribution in [0.2, 0.25) is 0 Å². The molecule has 2 aromatic rings. The SMILES string of the molecule is NCCC(OCc1ccccc1)c1ccccc1. The van der Waals surface area contributed by atoms with E-state index in [4.69, 9.17) is 10.5 Å². The number of hydrogen-bond acceptors (Lipinski definition) is 2. The Bertz CT molecular complexity index is 441. The predicted molar refractivity (Wildman–Crippen MR) is 74.1 cm³/mol. The van der Waals surface area contributed by atoms with Crippen molar-refractivity contribution in [3.63, 3.8) is 0 Å². The quantitative estimate of drug-likeness (QED) is 0.842. The number of ether oxygens (including phenoxy) is 1. The average molecular weight is 241 g/mol. The highest BCUT2D eigenvalue weighted by Gasteiger charge is 2.10. The van der Waals surface area contributed by atoms with Crippen molar-refractivity contribution in [1.82, 2.24) is 0 Å². The summed E-state index contributed by atoms with van der Waals surface area (Å²) in [5.41, 5.74) is 8.04. The Labute approximate surface area is 108 Å². The highest BCUT2D eigenvalue weighted by molar-refractivity contribution is 5.18. The van der Waals surface area contributed by atoms with Crippen LogP contribution >= 0.6 is 0 Å². The van der Waals surface area contributed by atoms with Gasteiger partial charge in [0.15, 0.2) is 0 Å². The minimum Gasteiger partial charge on any atom is -0.369 e. The fourth-order valence-electron chi connectivity index (χ4n) is 1.94. The average Bonchev–Trinajstić information content (AvgIpc) is 2.45. The first-order chi connectivity index (χ1) is 8.90. The van der Waals surface area contributed by atoms with Crippen LogP contribution in [0, 0.1) is 0 Å². The molecule has 18 heavy (non-hydrogen) atoms. The molecule has 0 amide bonds. The van der Waals surface area contributed by atoms with Gasteiger partial charge in [0, 0.05) is 0 Å². The first-order valence-electron chi connectivity index (χ1n) is 6.30. The molecule has 2 heteroatoms. The number of nitrogens with two attached hydrogens (primary N) is 1. The Morgan fingerprint density at radius 1 is 0.889 bits per heavy atom. The first kappa shape index (κ1) is 12.8. The molecule has 0 saturated carbocycles. The van der Waals surface area contributed by atoms with Gasteiger partial charge < -0.3 is 10.5 Å². The van der Waals surface area contributed by atoms with Gasteiger partial charge in [-0.1, -0.05) is 60.7 Å². The lowest BCUT2D eigenvalue weighted by atomic mass is 10.1. The molecular formula is C16H19NO. The van der Waals surface area contributed by atoms with Gasteiger partial charge in [0.2, 0.25) is 0 Å². The largest absolute Gasteiger partial charge is 0.369 e. The zero-order valence-electron chi connectivity index (χ0n) is 10.5. The third-order valence-corrected chi connectivity index (χ3v) is 2.89. The summed E-state index contributed by atoms with van der Waals surface area (Å²) in [6.07, 6.45) is 0.924. The molecule has 0 saturated heterocycles. The second-order valence-corrected chi connectivity index (χ2v) is 4.27. The molecule has 0 bridgehead atoms. The maximum absolute atomic E-state index is 5.97. The van der Waals surface area contributed by atoms with Crippen LogP contribution in [0.4, 0.5) is 0 Å². The molecule has 0 heterocycles. The lowest BCUT2D eigenvalue weighted by Crippen LogP contribution is -2.10. The van der Waals surface area contributed by atoms with Crippen LogP contribution in [0.5, 0.6) is 0 Å². The highest BCUT2D eigenvalue weighted by atomic mass is 16.5. The molecule has 94 valence electrons. The van der Waals surface area contributed by atoms with Crippen LogP contribution in [0.25, 0.3) is 0 Å². The van der Waals surface area contributed by atoms with Crippen LogP contribution in [0.1, 0.15) is 23.7 Å². The minimum atomic E-state index is 0.0800. The summed E-state index contributed by atoms with van der Waals surface area (Å²) < 4.78 is 5.97. The van der Waals surface area contributed by atoms with Crippen LogP contribution in [-0.2, 0) is 11.3 Å². The maximum atomic E-state index is 5.97. The van der Waals surface area contributed by atoms with Crippen LogP contribution in [0.15, 0.2) is 60.7 Å². The number of benzene rings is 2. The number of rotatable bonds is 6. The third-order valence-electron chi connectivity index (χ3n) is 2.89. The van der Waals surface area contributed by atoms with Crippen molar-refractivity contribution in [3.05, 3.63) is 71.8 Å². The Morgan fingerprint density at radius 2 is 1.50 bits per heavy atom. The Morgan fingerprint density at radius 3 is 2.11 bits per heavy atom. The van der Waals surface area contributed by atoms with E-state index in [1.54, 1.807) is 0 Å². The molecule has 2 N–H and O–H groups in total. The lowest BCUT2D eigenvalue weighted by molar-refractivity contribution is 0.0355. The van der Waals surface area contributed by atoms with E-state index in [1.807, 2.05) is 36.4 Å². The van der Waals surface area contributed by atoms with Crippen molar-refractivity contribution in [2.24, 2.45) is 5.73 Å². The van der Waals surface area contributed by atoms with Gasteiger partial charge in [0.1, 0.15) is 0 Å². The lowest BCUT2D eigenvalue weighted by Gasteiger charge is -2.17. The second kappa shape index (κ2) is 6.94. The zero-order chi connectivity index (χ0) is 12.6. The van der Waals surface area contributed by atoms with E-state index >= 15 is 0 Å². The van der Waals surface area contributed by atoms with E-state index in [2.05, 4.69) is 24.3 Å². The van der Waals surface area contributed by atoms with Crippen molar-refractivity contribution in [1.29, 1.82) is 0 Å². The molecule has 0 spiro atoms. The molecule has 0 aliphatic rings. The molecule has 1 atom stereocenters. The smallest absolute Gasteiger partial charge is 0.0841 e. The van der Waals surface area contributed by atoms with Gasteiger partial charge in [-0.3, -0.25) is 0 Å². The summed E-state index contributed by atoms with van der Waals surface area (Å²) in [5.74, 6) is 0. The molecule has 0 fully saturated rings. The number of hydrogen-bond donors (Lipinski definition) is 1. The standard InChI is InChI=1S/C16H19NO/c17-12-11-16(15-9-5-2-6-10-15)18-13-14-7-3-1-4-8-14/h1-10,16H,11-13,17H2. The third kappa shape index (κ3) is 3.69. The summed E-state index contributed by atoms with van der Waals surface area (Å²) in [4.78, 5) is 0.